The largest absolute Gasteiger partial charge is 0.493 e. The summed E-state index contributed by atoms with van der Waals surface area (Å²) < 4.78 is 16.0. The first-order chi connectivity index (χ1) is 14.5. The SMILES string of the molecule is C=CCNC(=O)C(C#N)=Cc1ccc(OC(=O)COc2cccc(C)c2)c(OC)c1. The molecule has 7 heteroatoms. The van der Waals surface area contributed by atoms with Crippen molar-refractivity contribution >= 4 is 18.0 Å². The molecule has 7 nitrogen and oxygen atoms in total. The van der Waals surface area contributed by atoms with Crippen molar-refractivity contribution in [2.24, 2.45) is 0 Å². The summed E-state index contributed by atoms with van der Waals surface area (Å²) in [6, 6.07) is 13.8. The summed E-state index contributed by atoms with van der Waals surface area (Å²) in [5.74, 6) is -0.0727. The van der Waals surface area contributed by atoms with Crippen LogP contribution in [-0.2, 0) is 9.59 Å². The van der Waals surface area contributed by atoms with Gasteiger partial charge in [0.25, 0.3) is 5.91 Å². The average molecular weight is 406 g/mol. The van der Waals surface area contributed by atoms with Crippen molar-refractivity contribution < 1.29 is 23.8 Å². The fourth-order valence-corrected chi connectivity index (χ4v) is 2.43. The maximum absolute atomic E-state index is 12.1. The number of hydrogen-bond acceptors (Lipinski definition) is 6. The molecule has 0 saturated carbocycles. The highest BCUT2D eigenvalue weighted by Gasteiger charge is 2.13. The number of ether oxygens (including phenoxy) is 3. The van der Waals surface area contributed by atoms with E-state index in [1.54, 1.807) is 18.2 Å². The van der Waals surface area contributed by atoms with Crippen LogP contribution in [0.5, 0.6) is 17.2 Å². The fourth-order valence-electron chi connectivity index (χ4n) is 2.43. The lowest BCUT2D eigenvalue weighted by Crippen LogP contribution is -2.24. The van der Waals surface area contributed by atoms with E-state index in [0.717, 1.165) is 5.56 Å². The molecule has 0 heterocycles. The number of hydrogen-bond donors (Lipinski definition) is 1. The van der Waals surface area contributed by atoms with Crippen molar-refractivity contribution in [2.75, 3.05) is 20.3 Å². The third-order valence-corrected chi connectivity index (χ3v) is 3.84. The quantitative estimate of drug-likeness (QED) is 0.226. The zero-order chi connectivity index (χ0) is 21.9. The summed E-state index contributed by atoms with van der Waals surface area (Å²) in [6.45, 7) is 5.41. The van der Waals surface area contributed by atoms with E-state index in [-0.39, 0.29) is 30.2 Å². The molecule has 0 aromatic heterocycles. The molecule has 2 aromatic carbocycles. The Balaban J connectivity index is 2.08. The molecule has 0 atom stereocenters. The van der Waals surface area contributed by atoms with Gasteiger partial charge >= 0.3 is 5.97 Å². The van der Waals surface area contributed by atoms with E-state index in [2.05, 4.69) is 11.9 Å². The van der Waals surface area contributed by atoms with Gasteiger partial charge in [0.1, 0.15) is 17.4 Å². The minimum atomic E-state index is -0.598. The summed E-state index contributed by atoms with van der Waals surface area (Å²) in [5, 5.41) is 11.7. The van der Waals surface area contributed by atoms with E-state index in [1.165, 1.54) is 25.3 Å². The van der Waals surface area contributed by atoms with Gasteiger partial charge in [-0.2, -0.15) is 5.26 Å². The molecule has 2 aromatic rings. The number of carbonyl (C=O) groups excluding carboxylic acids is 2. The van der Waals surface area contributed by atoms with Gasteiger partial charge < -0.3 is 19.5 Å². The van der Waals surface area contributed by atoms with Crippen molar-refractivity contribution in [1.82, 2.24) is 5.32 Å². The van der Waals surface area contributed by atoms with E-state index in [9.17, 15) is 14.9 Å². The molecule has 1 N–H and O–H groups in total. The monoisotopic (exact) mass is 406 g/mol. The minimum Gasteiger partial charge on any atom is -0.493 e. The van der Waals surface area contributed by atoms with Gasteiger partial charge in [-0.05, 0) is 48.4 Å². The normalized spacial score (nSPS) is 10.5. The molecule has 0 fully saturated rings. The van der Waals surface area contributed by atoms with E-state index >= 15 is 0 Å². The zero-order valence-corrected chi connectivity index (χ0v) is 16.8. The van der Waals surface area contributed by atoms with Crippen LogP contribution in [-0.4, -0.2) is 32.1 Å². The smallest absolute Gasteiger partial charge is 0.349 e. The molecule has 0 spiro atoms. The predicted octanol–water partition coefficient (Wildman–Crippen LogP) is 3.20. The number of nitrogens with one attached hydrogen (secondary N) is 1. The molecule has 0 aliphatic rings. The van der Waals surface area contributed by atoms with E-state index in [4.69, 9.17) is 14.2 Å². The molecule has 0 aliphatic carbocycles. The van der Waals surface area contributed by atoms with Crippen LogP contribution in [0, 0.1) is 18.3 Å². The molecule has 30 heavy (non-hydrogen) atoms. The third kappa shape index (κ3) is 6.53. The van der Waals surface area contributed by atoms with Gasteiger partial charge in [0.2, 0.25) is 0 Å². The zero-order valence-electron chi connectivity index (χ0n) is 16.8. The molecule has 0 bridgehead atoms. The predicted molar refractivity (Wildman–Crippen MR) is 112 cm³/mol. The van der Waals surface area contributed by atoms with Crippen LogP contribution in [0.3, 0.4) is 0 Å². The Labute approximate surface area is 175 Å². The number of esters is 1. The van der Waals surface area contributed by atoms with Crippen molar-refractivity contribution in [1.29, 1.82) is 5.26 Å². The maximum Gasteiger partial charge on any atom is 0.349 e. The second kappa shape index (κ2) is 11.1. The van der Waals surface area contributed by atoms with Gasteiger partial charge in [-0.15, -0.1) is 6.58 Å². The maximum atomic E-state index is 12.1. The number of carbonyl (C=O) groups is 2. The Bertz CT molecular complexity index is 1000. The molecular weight excluding hydrogens is 384 g/mol. The lowest BCUT2D eigenvalue weighted by Gasteiger charge is -2.11. The van der Waals surface area contributed by atoms with Gasteiger partial charge in [-0.1, -0.05) is 24.3 Å². The van der Waals surface area contributed by atoms with Gasteiger partial charge in [0, 0.05) is 6.54 Å². The van der Waals surface area contributed by atoms with Crippen LogP contribution in [0.4, 0.5) is 0 Å². The van der Waals surface area contributed by atoms with Crippen molar-refractivity contribution in [3.8, 4) is 23.3 Å². The van der Waals surface area contributed by atoms with Crippen LogP contribution in [0.2, 0.25) is 0 Å². The number of rotatable bonds is 9. The van der Waals surface area contributed by atoms with Crippen LogP contribution < -0.4 is 19.5 Å². The second-order valence-corrected chi connectivity index (χ2v) is 6.16. The molecule has 0 aliphatic heterocycles. The van der Waals surface area contributed by atoms with Crippen molar-refractivity contribution in [2.45, 2.75) is 6.92 Å². The topological polar surface area (TPSA) is 97.7 Å². The van der Waals surface area contributed by atoms with Crippen LogP contribution in [0.15, 0.2) is 60.7 Å². The minimum absolute atomic E-state index is 0.0739. The molecule has 2 rings (SSSR count). The van der Waals surface area contributed by atoms with E-state index in [0.29, 0.717) is 11.3 Å². The molecule has 154 valence electrons. The van der Waals surface area contributed by atoms with Gasteiger partial charge in [0.15, 0.2) is 18.1 Å². The Kier molecular flexibility index (Phi) is 8.21. The Morgan fingerprint density at radius 1 is 1.20 bits per heavy atom. The molecular formula is C23H22N2O5. The second-order valence-electron chi connectivity index (χ2n) is 6.16. The molecule has 0 unspecified atom stereocenters. The van der Waals surface area contributed by atoms with Gasteiger partial charge in [-0.3, -0.25) is 4.79 Å². The van der Waals surface area contributed by atoms with Crippen LogP contribution in [0.1, 0.15) is 11.1 Å². The average Bonchev–Trinajstić information content (AvgIpc) is 2.75. The first kappa shape index (κ1) is 22.2. The Morgan fingerprint density at radius 3 is 2.67 bits per heavy atom. The molecule has 0 radical (unpaired) electrons. The van der Waals surface area contributed by atoms with Crippen LogP contribution >= 0.6 is 0 Å². The van der Waals surface area contributed by atoms with E-state index in [1.807, 2.05) is 31.2 Å². The summed E-state index contributed by atoms with van der Waals surface area (Å²) in [6.07, 6.45) is 2.93. The van der Waals surface area contributed by atoms with Crippen molar-refractivity contribution in [3.63, 3.8) is 0 Å². The summed E-state index contributed by atoms with van der Waals surface area (Å²) in [5.41, 5.74) is 1.48. The fraction of sp³-hybridized carbons (Fsp3) is 0.174. The van der Waals surface area contributed by atoms with E-state index < -0.39 is 11.9 Å². The molecule has 1 amide bonds. The Hall–Kier alpha value is -4.05. The summed E-state index contributed by atoms with van der Waals surface area (Å²) in [4.78, 5) is 24.1. The highest BCUT2D eigenvalue weighted by molar-refractivity contribution is 6.01. The summed E-state index contributed by atoms with van der Waals surface area (Å²) in [7, 11) is 1.42. The number of amides is 1. The van der Waals surface area contributed by atoms with Crippen molar-refractivity contribution in [3.05, 3.63) is 71.8 Å². The van der Waals surface area contributed by atoms with Gasteiger partial charge in [-0.25, -0.2) is 4.79 Å². The number of nitriles is 1. The number of methoxy groups -OCH3 is 1. The highest BCUT2D eigenvalue weighted by Crippen LogP contribution is 2.29. The van der Waals surface area contributed by atoms with Crippen LogP contribution in [0.25, 0.3) is 6.08 Å². The first-order valence-corrected chi connectivity index (χ1v) is 9.06. The number of benzene rings is 2. The third-order valence-electron chi connectivity index (χ3n) is 3.84. The standard InChI is InChI=1S/C23H22N2O5/c1-4-10-25-23(27)18(14-24)12-17-8-9-20(21(13-17)28-3)30-22(26)15-29-19-7-5-6-16(2)11-19/h4-9,11-13H,1,10,15H2,2-3H3,(H,25,27). The highest BCUT2D eigenvalue weighted by atomic mass is 16.6. The molecule has 0 saturated heterocycles. The lowest BCUT2D eigenvalue weighted by molar-refractivity contribution is -0.136. The number of aryl methyl sites for hydroxylation is 1. The first-order valence-electron chi connectivity index (χ1n) is 9.06. The lowest BCUT2D eigenvalue weighted by atomic mass is 10.1. The van der Waals surface area contributed by atoms with Gasteiger partial charge in [0.05, 0.1) is 7.11 Å². The Morgan fingerprint density at radius 2 is 2.00 bits per heavy atom. The summed E-state index contributed by atoms with van der Waals surface area (Å²) >= 11 is 0. The number of nitrogens with zero attached hydrogens (tertiary/aromatic N) is 1.